The number of carbonyl (C=O) groups is 2. The fourth-order valence-electron chi connectivity index (χ4n) is 2.08. The number of nitrogens with one attached hydrogen (secondary N) is 1. The van der Waals surface area contributed by atoms with Crippen LogP contribution in [0.1, 0.15) is 16.1 Å². The van der Waals surface area contributed by atoms with Crippen LogP contribution in [-0.2, 0) is 4.79 Å². The van der Waals surface area contributed by atoms with Crippen molar-refractivity contribution < 1.29 is 9.59 Å². The van der Waals surface area contributed by atoms with E-state index in [2.05, 4.69) is 10.4 Å². The number of aromatic nitrogens is 2. The highest BCUT2D eigenvalue weighted by molar-refractivity contribution is 7.08. The minimum Gasteiger partial charge on any atom is -0.364 e. The molecule has 3 rings (SSSR count). The average Bonchev–Trinajstić information content (AvgIpc) is 3.25. The molecule has 3 N–H and O–H groups in total. The van der Waals surface area contributed by atoms with Gasteiger partial charge in [-0.15, -0.1) is 0 Å². The summed E-state index contributed by atoms with van der Waals surface area (Å²) in [5.41, 5.74) is 7.57. The number of hydrogen-bond acceptors (Lipinski definition) is 4. The van der Waals surface area contributed by atoms with Gasteiger partial charge in [0.2, 0.25) is 5.91 Å². The van der Waals surface area contributed by atoms with Gasteiger partial charge in [-0.3, -0.25) is 9.59 Å². The molecule has 0 saturated heterocycles. The Morgan fingerprint density at radius 2 is 2.04 bits per heavy atom. The first-order chi connectivity index (χ1) is 11.6. The smallest absolute Gasteiger partial charge is 0.269 e. The van der Waals surface area contributed by atoms with Crippen LogP contribution < -0.4 is 11.1 Å². The Morgan fingerprint density at radius 3 is 2.75 bits per heavy atom. The summed E-state index contributed by atoms with van der Waals surface area (Å²) in [6.45, 7) is 0. The molecule has 0 fully saturated rings. The molecule has 0 spiro atoms. The van der Waals surface area contributed by atoms with E-state index in [1.54, 1.807) is 41.8 Å². The fourth-order valence-corrected chi connectivity index (χ4v) is 2.71. The first-order valence-electron chi connectivity index (χ1n) is 7.09. The lowest BCUT2D eigenvalue weighted by Gasteiger charge is -2.09. The van der Waals surface area contributed by atoms with E-state index >= 15 is 0 Å². The maximum absolute atomic E-state index is 12.1. The summed E-state index contributed by atoms with van der Waals surface area (Å²) >= 11 is 1.57. The molecule has 120 valence electrons. The zero-order valence-electron chi connectivity index (χ0n) is 12.5. The van der Waals surface area contributed by atoms with Gasteiger partial charge in [-0.1, -0.05) is 12.1 Å². The topological polar surface area (TPSA) is 90.0 Å². The van der Waals surface area contributed by atoms with Crippen molar-refractivity contribution >= 4 is 34.9 Å². The molecule has 0 saturated carbocycles. The van der Waals surface area contributed by atoms with Crippen molar-refractivity contribution in [3.63, 3.8) is 0 Å². The third-order valence-electron chi connectivity index (χ3n) is 3.22. The Bertz CT molecular complexity index is 897. The molecule has 1 aromatic carbocycles. The Labute approximate surface area is 142 Å². The van der Waals surface area contributed by atoms with Gasteiger partial charge < -0.3 is 11.1 Å². The van der Waals surface area contributed by atoms with Gasteiger partial charge >= 0.3 is 0 Å². The van der Waals surface area contributed by atoms with Gasteiger partial charge in [-0.25, -0.2) is 4.68 Å². The summed E-state index contributed by atoms with van der Waals surface area (Å²) in [5, 5.41) is 10.8. The van der Waals surface area contributed by atoms with Gasteiger partial charge in [0.1, 0.15) is 5.69 Å². The van der Waals surface area contributed by atoms with Gasteiger partial charge in [-0.2, -0.15) is 16.4 Å². The lowest BCUT2D eigenvalue weighted by Crippen LogP contribution is -2.13. The van der Waals surface area contributed by atoms with E-state index < -0.39 is 5.91 Å². The molecule has 0 unspecified atom stereocenters. The molecule has 0 aliphatic carbocycles. The van der Waals surface area contributed by atoms with Crippen LogP contribution in [0.25, 0.3) is 11.8 Å². The zero-order chi connectivity index (χ0) is 16.9. The van der Waals surface area contributed by atoms with E-state index in [-0.39, 0.29) is 11.6 Å². The molecule has 3 aromatic rings. The second-order valence-corrected chi connectivity index (χ2v) is 5.69. The van der Waals surface area contributed by atoms with E-state index in [4.69, 9.17) is 5.73 Å². The molecule has 2 heterocycles. The average molecular weight is 338 g/mol. The van der Waals surface area contributed by atoms with Crippen molar-refractivity contribution in [2.45, 2.75) is 0 Å². The van der Waals surface area contributed by atoms with E-state index in [1.807, 2.05) is 22.9 Å². The lowest BCUT2D eigenvalue weighted by molar-refractivity contribution is -0.111. The molecule has 0 aliphatic heterocycles. The standard InChI is InChI=1S/C17H14N4O2S/c18-17(23)14-7-9-21(20-14)15-4-2-1-3-13(15)19-16(22)6-5-12-8-10-24-11-12/h1-11H,(H2,18,23)(H,19,22)/b6-5+. The Balaban J connectivity index is 1.81. The Kier molecular flexibility index (Phi) is 4.53. The van der Waals surface area contributed by atoms with Crippen LogP contribution in [0.15, 0.2) is 59.4 Å². The van der Waals surface area contributed by atoms with Gasteiger partial charge in [-0.05, 0) is 46.7 Å². The second-order valence-electron chi connectivity index (χ2n) is 4.91. The van der Waals surface area contributed by atoms with E-state index in [1.165, 1.54) is 16.8 Å². The van der Waals surface area contributed by atoms with Crippen molar-refractivity contribution in [1.29, 1.82) is 0 Å². The number of amides is 2. The van der Waals surface area contributed by atoms with Crippen LogP contribution in [0.2, 0.25) is 0 Å². The maximum Gasteiger partial charge on any atom is 0.269 e. The molecule has 0 bridgehead atoms. The highest BCUT2D eigenvalue weighted by atomic mass is 32.1. The summed E-state index contributed by atoms with van der Waals surface area (Å²) in [6.07, 6.45) is 4.83. The number of rotatable bonds is 5. The van der Waals surface area contributed by atoms with Crippen molar-refractivity contribution in [2.75, 3.05) is 5.32 Å². The van der Waals surface area contributed by atoms with Crippen molar-refractivity contribution in [3.05, 3.63) is 70.7 Å². The molecular formula is C17H14N4O2S. The number of anilines is 1. The number of para-hydroxylation sites is 2. The highest BCUT2D eigenvalue weighted by Crippen LogP contribution is 2.19. The summed E-state index contributed by atoms with van der Waals surface area (Å²) in [4.78, 5) is 23.3. The minimum atomic E-state index is -0.603. The predicted octanol–water partition coefficient (Wildman–Crippen LogP) is 2.68. The van der Waals surface area contributed by atoms with Crippen molar-refractivity contribution in [2.24, 2.45) is 5.73 Å². The number of carbonyl (C=O) groups excluding carboxylic acids is 2. The molecule has 0 atom stereocenters. The zero-order valence-corrected chi connectivity index (χ0v) is 13.4. The predicted molar refractivity (Wildman–Crippen MR) is 94.1 cm³/mol. The largest absolute Gasteiger partial charge is 0.364 e. The highest BCUT2D eigenvalue weighted by Gasteiger charge is 2.10. The third kappa shape index (κ3) is 3.58. The van der Waals surface area contributed by atoms with Gasteiger partial charge in [0.15, 0.2) is 0 Å². The van der Waals surface area contributed by atoms with Crippen molar-refractivity contribution in [1.82, 2.24) is 9.78 Å². The SMILES string of the molecule is NC(=O)c1ccn(-c2ccccc2NC(=O)/C=C/c2ccsc2)n1. The fraction of sp³-hybridized carbons (Fsp3) is 0. The van der Waals surface area contributed by atoms with Crippen LogP contribution in [0.5, 0.6) is 0 Å². The molecule has 6 nitrogen and oxygen atoms in total. The number of nitrogens with two attached hydrogens (primary N) is 1. The van der Waals surface area contributed by atoms with Gasteiger partial charge in [0.05, 0.1) is 11.4 Å². The van der Waals surface area contributed by atoms with E-state index in [0.29, 0.717) is 11.4 Å². The van der Waals surface area contributed by atoms with E-state index in [9.17, 15) is 9.59 Å². The van der Waals surface area contributed by atoms with Crippen LogP contribution in [0, 0.1) is 0 Å². The molecular weight excluding hydrogens is 324 g/mol. The summed E-state index contributed by atoms with van der Waals surface area (Å²) in [6, 6.07) is 10.6. The minimum absolute atomic E-state index is 0.161. The number of hydrogen-bond donors (Lipinski definition) is 2. The Morgan fingerprint density at radius 1 is 1.21 bits per heavy atom. The molecule has 2 amide bonds. The van der Waals surface area contributed by atoms with Crippen molar-refractivity contribution in [3.8, 4) is 5.69 Å². The first kappa shape index (κ1) is 15.7. The van der Waals surface area contributed by atoms with E-state index in [0.717, 1.165) is 5.56 Å². The normalized spacial score (nSPS) is 10.8. The van der Waals surface area contributed by atoms with Crippen LogP contribution in [0.4, 0.5) is 5.69 Å². The molecule has 0 aliphatic rings. The molecule has 2 aromatic heterocycles. The van der Waals surface area contributed by atoms with Crippen LogP contribution >= 0.6 is 11.3 Å². The quantitative estimate of drug-likeness (QED) is 0.701. The first-order valence-corrected chi connectivity index (χ1v) is 8.04. The maximum atomic E-state index is 12.1. The van der Waals surface area contributed by atoms with Gasteiger partial charge in [0.25, 0.3) is 5.91 Å². The second kappa shape index (κ2) is 6.93. The Hall–Kier alpha value is -3.19. The molecule has 24 heavy (non-hydrogen) atoms. The number of primary amides is 1. The number of nitrogens with zero attached hydrogens (tertiary/aromatic N) is 2. The van der Waals surface area contributed by atoms with Crippen LogP contribution in [0.3, 0.4) is 0 Å². The lowest BCUT2D eigenvalue weighted by atomic mass is 10.2. The summed E-state index contributed by atoms with van der Waals surface area (Å²) in [7, 11) is 0. The molecule has 0 radical (unpaired) electrons. The third-order valence-corrected chi connectivity index (χ3v) is 3.92. The number of benzene rings is 1. The summed E-state index contributed by atoms with van der Waals surface area (Å²) < 4.78 is 1.50. The van der Waals surface area contributed by atoms with Gasteiger partial charge in [0, 0.05) is 12.3 Å². The van der Waals surface area contributed by atoms with Crippen LogP contribution in [-0.4, -0.2) is 21.6 Å². The monoisotopic (exact) mass is 338 g/mol. The molecule has 7 heteroatoms. The summed E-state index contributed by atoms with van der Waals surface area (Å²) in [5.74, 6) is -0.857. The number of thiophene rings is 1.